The molecule has 0 bridgehead atoms. The zero-order chi connectivity index (χ0) is 21.2. The van der Waals surface area contributed by atoms with E-state index < -0.39 is 0 Å². The molecule has 0 atom stereocenters. The first-order valence-electron chi connectivity index (χ1n) is 10.8. The molecule has 0 amide bonds. The highest BCUT2D eigenvalue weighted by atomic mass is 35.5. The molecule has 2 aromatic heterocycles. The van der Waals surface area contributed by atoms with Crippen molar-refractivity contribution >= 4 is 34.8 Å². The van der Waals surface area contributed by atoms with Gasteiger partial charge in [0.25, 0.3) is 0 Å². The maximum absolute atomic E-state index is 5.95. The van der Waals surface area contributed by atoms with Crippen molar-refractivity contribution in [2.24, 2.45) is 5.92 Å². The van der Waals surface area contributed by atoms with Gasteiger partial charge < -0.3 is 15.4 Å². The van der Waals surface area contributed by atoms with Crippen LogP contribution in [0.1, 0.15) is 50.6 Å². The van der Waals surface area contributed by atoms with Crippen LogP contribution in [-0.4, -0.2) is 40.8 Å². The van der Waals surface area contributed by atoms with E-state index >= 15 is 0 Å². The molecule has 6 nitrogen and oxygen atoms in total. The monoisotopic (exact) mass is 451 g/mol. The number of pyridine rings is 1. The maximum atomic E-state index is 5.95. The van der Waals surface area contributed by atoms with Crippen LogP contribution in [0, 0.1) is 12.8 Å². The predicted octanol–water partition coefficient (Wildman–Crippen LogP) is 5.76. The zero-order valence-electron chi connectivity index (χ0n) is 17.5. The van der Waals surface area contributed by atoms with Gasteiger partial charge in [-0.1, -0.05) is 42.5 Å². The molecule has 8 heteroatoms. The second-order valence-electron chi connectivity index (χ2n) is 7.93. The van der Waals surface area contributed by atoms with E-state index in [4.69, 9.17) is 27.9 Å². The lowest BCUT2D eigenvalue weighted by molar-refractivity contribution is 0.0699. The van der Waals surface area contributed by atoms with Crippen molar-refractivity contribution in [3.8, 4) is 0 Å². The van der Waals surface area contributed by atoms with Gasteiger partial charge in [0.15, 0.2) is 11.0 Å². The number of aromatic nitrogens is 3. The van der Waals surface area contributed by atoms with Gasteiger partial charge in [-0.3, -0.25) is 0 Å². The Hall–Kier alpha value is -1.63. The van der Waals surface area contributed by atoms with Crippen molar-refractivity contribution in [3.05, 3.63) is 40.4 Å². The van der Waals surface area contributed by atoms with Crippen LogP contribution in [0.2, 0.25) is 10.2 Å². The number of hydrogen-bond donors (Lipinski definition) is 2. The molecular weight excluding hydrogens is 421 g/mol. The number of nitrogens with one attached hydrogen (secondary N) is 2. The third-order valence-electron chi connectivity index (χ3n) is 5.43. The first-order valence-corrected chi connectivity index (χ1v) is 11.5. The van der Waals surface area contributed by atoms with Crippen molar-refractivity contribution in [1.29, 1.82) is 0 Å². The van der Waals surface area contributed by atoms with E-state index in [1.165, 1.54) is 32.1 Å². The first kappa shape index (κ1) is 23.0. The van der Waals surface area contributed by atoms with Crippen LogP contribution in [0.25, 0.3) is 0 Å². The third-order valence-corrected chi connectivity index (χ3v) is 5.93. The minimum absolute atomic E-state index is 0.442. The van der Waals surface area contributed by atoms with Gasteiger partial charge in [0, 0.05) is 32.0 Å². The van der Waals surface area contributed by atoms with E-state index in [-0.39, 0.29) is 0 Å². The van der Waals surface area contributed by atoms with Gasteiger partial charge >= 0.3 is 0 Å². The lowest BCUT2D eigenvalue weighted by Gasteiger charge is -2.23. The molecule has 0 spiro atoms. The molecule has 164 valence electrons. The third kappa shape index (κ3) is 7.89. The average Bonchev–Trinajstić information content (AvgIpc) is 2.78. The first-order chi connectivity index (χ1) is 14.6. The van der Waals surface area contributed by atoms with Crippen LogP contribution in [0.3, 0.4) is 0 Å². The Balaban J connectivity index is 0.000000172. The minimum Gasteiger partial charge on any atom is -0.381 e. The van der Waals surface area contributed by atoms with Crippen LogP contribution < -0.4 is 10.6 Å². The summed E-state index contributed by atoms with van der Waals surface area (Å²) in [7, 11) is 0. The van der Waals surface area contributed by atoms with Crippen LogP contribution in [0.15, 0.2) is 24.5 Å². The summed E-state index contributed by atoms with van der Waals surface area (Å²) in [5.74, 6) is 2.28. The molecule has 0 unspecified atom stereocenters. The maximum Gasteiger partial charge on any atom is 0.171 e. The minimum atomic E-state index is 0.442. The number of anilines is 2. The normalized spacial score (nSPS) is 17.7. The number of rotatable bonds is 5. The summed E-state index contributed by atoms with van der Waals surface area (Å²) >= 11 is 11.7. The largest absolute Gasteiger partial charge is 0.381 e. The fraction of sp³-hybridized carbons (Fsp3) is 0.591. The molecule has 3 heterocycles. The number of halogens is 2. The van der Waals surface area contributed by atoms with E-state index in [1.807, 2.05) is 19.1 Å². The SMILES string of the molecule is Cc1cnc(Cl)c(NCC2CCOCC2)n1.Clc1ccc(NC2CCCCC2)nc1. The van der Waals surface area contributed by atoms with Crippen LogP contribution in [0.5, 0.6) is 0 Å². The molecule has 2 N–H and O–H groups in total. The van der Waals surface area contributed by atoms with Crippen molar-refractivity contribution in [2.75, 3.05) is 30.4 Å². The Labute approximate surface area is 189 Å². The summed E-state index contributed by atoms with van der Waals surface area (Å²) in [5, 5.41) is 7.84. The van der Waals surface area contributed by atoms with Gasteiger partial charge in [-0.2, -0.15) is 0 Å². The summed E-state index contributed by atoms with van der Waals surface area (Å²) in [4.78, 5) is 12.6. The molecule has 1 saturated heterocycles. The Bertz CT molecular complexity index is 763. The highest BCUT2D eigenvalue weighted by Crippen LogP contribution is 2.21. The lowest BCUT2D eigenvalue weighted by atomic mass is 9.95. The van der Waals surface area contributed by atoms with Crippen molar-refractivity contribution < 1.29 is 4.74 Å². The highest BCUT2D eigenvalue weighted by Gasteiger charge is 2.15. The highest BCUT2D eigenvalue weighted by molar-refractivity contribution is 6.31. The Kier molecular flexibility index (Phi) is 9.43. The van der Waals surface area contributed by atoms with Crippen molar-refractivity contribution in [2.45, 2.75) is 57.9 Å². The molecule has 2 aliphatic rings. The molecule has 2 fully saturated rings. The van der Waals surface area contributed by atoms with E-state index in [0.717, 1.165) is 44.1 Å². The molecule has 30 heavy (non-hydrogen) atoms. The van der Waals surface area contributed by atoms with E-state index in [2.05, 4.69) is 25.6 Å². The Morgan fingerprint density at radius 2 is 1.77 bits per heavy atom. The number of aryl methyl sites for hydroxylation is 1. The molecular formula is C22H31Cl2N5O. The Morgan fingerprint density at radius 1 is 1.00 bits per heavy atom. The van der Waals surface area contributed by atoms with Gasteiger partial charge in [-0.25, -0.2) is 15.0 Å². The topological polar surface area (TPSA) is 72.0 Å². The van der Waals surface area contributed by atoms with Gasteiger partial charge in [0.1, 0.15) is 5.82 Å². The van der Waals surface area contributed by atoms with Crippen LogP contribution >= 0.6 is 23.2 Å². The Morgan fingerprint density at radius 3 is 2.47 bits per heavy atom. The molecule has 1 aliphatic heterocycles. The van der Waals surface area contributed by atoms with Crippen LogP contribution in [-0.2, 0) is 4.74 Å². The van der Waals surface area contributed by atoms with Crippen LogP contribution in [0.4, 0.5) is 11.6 Å². The molecule has 1 saturated carbocycles. The fourth-order valence-electron chi connectivity index (χ4n) is 3.68. The number of hydrogen-bond acceptors (Lipinski definition) is 6. The molecule has 0 aromatic carbocycles. The second-order valence-corrected chi connectivity index (χ2v) is 8.72. The smallest absolute Gasteiger partial charge is 0.171 e. The molecule has 4 rings (SSSR count). The molecule has 0 radical (unpaired) electrons. The lowest BCUT2D eigenvalue weighted by Crippen LogP contribution is -2.23. The van der Waals surface area contributed by atoms with Crippen molar-refractivity contribution in [3.63, 3.8) is 0 Å². The standard InChI is InChI=1S/C11H16ClN3O.C11H15ClN2/c1-8-6-13-10(12)11(15-8)14-7-9-2-4-16-5-3-9;12-9-6-7-11(13-8-9)14-10-4-2-1-3-5-10/h6,9H,2-5,7H2,1H3,(H,14,15);6-8,10H,1-5H2,(H,13,14). The predicted molar refractivity (Wildman–Crippen MR) is 124 cm³/mol. The second kappa shape index (κ2) is 12.3. The zero-order valence-corrected chi connectivity index (χ0v) is 19.1. The van der Waals surface area contributed by atoms with Gasteiger partial charge in [0.05, 0.1) is 16.9 Å². The number of nitrogens with zero attached hydrogens (tertiary/aromatic N) is 3. The summed E-state index contributed by atoms with van der Waals surface area (Å²) in [6, 6.07) is 4.42. The van der Waals surface area contributed by atoms with E-state index in [0.29, 0.717) is 28.0 Å². The summed E-state index contributed by atoms with van der Waals surface area (Å²) < 4.78 is 5.31. The van der Waals surface area contributed by atoms with Gasteiger partial charge in [-0.15, -0.1) is 0 Å². The fourth-order valence-corrected chi connectivity index (χ4v) is 3.95. The summed E-state index contributed by atoms with van der Waals surface area (Å²) in [5.41, 5.74) is 0.874. The van der Waals surface area contributed by atoms with Gasteiger partial charge in [-0.05, 0) is 50.7 Å². The van der Waals surface area contributed by atoms with Gasteiger partial charge in [0.2, 0.25) is 0 Å². The van der Waals surface area contributed by atoms with E-state index in [9.17, 15) is 0 Å². The summed E-state index contributed by atoms with van der Waals surface area (Å²) in [6.07, 6.45) is 12.2. The summed E-state index contributed by atoms with van der Waals surface area (Å²) in [6.45, 7) is 4.52. The van der Waals surface area contributed by atoms with E-state index in [1.54, 1.807) is 12.4 Å². The number of ether oxygens (including phenoxy) is 1. The quantitative estimate of drug-likeness (QED) is 0.601. The molecule has 2 aromatic rings. The average molecular weight is 452 g/mol. The molecule has 1 aliphatic carbocycles. The van der Waals surface area contributed by atoms with Crippen molar-refractivity contribution in [1.82, 2.24) is 15.0 Å².